The van der Waals surface area contributed by atoms with E-state index in [2.05, 4.69) is 5.32 Å². The molecule has 1 rings (SSSR count). The van der Waals surface area contributed by atoms with Crippen molar-refractivity contribution in [3.05, 3.63) is 30.3 Å². The van der Waals surface area contributed by atoms with Crippen LogP contribution < -0.4 is 9.62 Å². The molecule has 6 heteroatoms. The minimum absolute atomic E-state index is 0.0351. The molecule has 0 bridgehead atoms. The Morgan fingerprint density at radius 2 is 1.68 bits per heavy atom. The van der Waals surface area contributed by atoms with E-state index < -0.39 is 16.1 Å². The van der Waals surface area contributed by atoms with Crippen LogP contribution in [0.1, 0.15) is 20.8 Å². The number of para-hydroxylation sites is 1. The predicted molar refractivity (Wildman–Crippen MR) is 76.5 cm³/mol. The number of benzene rings is 1. The molecule has 1 aromatic rings. The van der Waals surface area contributed by atoms with Gasteiger partial charge in [-0.25, -0.2) is 8.42 Å². The molecule has 0 fully saturated rings. The molecule has 0 aliphatic heterocycles. The van der Waals surface area contributed by atoms with E-state index >= 15 is 0 Å². The van der Waals surface area contributed by atoms with Gasteiger partial charge in [-0.15, -0.1) is 0 Å². The number of anilines is 1. The van der Waals surface area contributed by atoms with Crippen LogP contribution in [0.15, 0.2) is 30.3 Å². The fourth-order valence-corrected chi connectivity index (χ4v) is 2.96. The van der Waals surface area contributed by atoms with Crippen LogP contribution in [0, 0.1) is 0 Å². The summed E-state index contributed by atoms with van der Waals surface area (Å²) in [7, 11) is -3.53. The number of carbonyl (C=O) groups is 1. The van der Waals surface area contributed by atoms with Gasteiger partial charge in [-0.3, -0.25) is 9.10 Å². The summed E-state index contributed by atoms with van der Waals surface area (Å²) in [6.07, 6.45) is 1.10. The van der Waals surface area contributed by atoms with E-state index in [-0.39, 0.29) is 11.9 Å². The highest BCUT2D eigenvalue weighted by atomic mass is 32.2. The van der Waals surface area contributed by atoms with E-state index in [9.17, 15) is 13.2 Å². The average Bonchev–Trinajstić information content (AvgIpc) is 2.27. The first-order valence-electron chi connectivity index (χ1n) is 6.08. The zero-order chi connectivity index (χ0) is 14.6. The number of amides is 1. The summed E-state index contributed by atoms with van der Waals surface area (Å²) in [6, 6.07) is 7.77. The summed E-state index contributed by atoms with van der Waals surface area (Å²) >= 11 is 0. The van der Waals surface area contributed by atoms with Gasteiger partial charge in [-0.05, 0) is 32.9 Å². The molecule has 0 saturated carbocycles. The summed E-state index contributed by atoms with van der Waals surface area (Å²) in [6.45, 7) is 5.24. The monoisotopic (exact) mass is 284 g/mol. The first kappa shape index (κ1) is 15.5. The number of nitrogens with zero attached hydrogens (tertiary/aromatic N) is 1. The van der Waals surface area contributed by atoms with Gasteiger partial charge in [0, 0.05) is 6.04 Å². The van der Waals surface area contributed by atoms with Gasteiger partial charge < -0.3 is 5.32 Å². The van der Waals surface area contributed by atoms with E-state index in [1.54, 1.807) is 37.3 Å². The summed E-state index contributed by atoms with van der Waals surface area (Å²) in [5.41, 5.74) is 0.483. The fourth-order valence-electron chi connectivity index (χ4n) is 1.79. The third-order valence-corrected chi connectivity index (χ3v) is 3.77. The molecule has 106 valence electrons. The van der Waals surface area contributed by atoms with Crippen LogP contribution in [-0.2, 0) is 14.8 Å². The fraction of sp³-hybridized carbons (Fsp3) is 0.462. The van der Waals surface area contributed by atoms with Crippen LogP contribution in [0.5, 0.6) is 0 Å². The number of hydrogen-bond donors (Lipinski definition) is 1. The molecule has 1 amide bonds. The maximum Gasteiger partial charge on any atom is 0.243 e. The van der Waals surface area contributed by atoms with E-state index in [1.807, 2.05) is 13.8 Å². The molecule has 5 nitrogen and oxygen atoms in total. The van der Waals surface area contributed by atoms with E-state index in [0.717, 1.165) is 10.6 Å². The minimum atomic E-state index is -3.53. The van der Waals surface area contributed by atoms with Crippen LogP contribution in [0.4, 0.5) is 5.69 Å². The smallest absolute Gasteiger partial charge is 0.243 e. The Morgan fingerprint density at radius 3 is 2.11 bits per heavy atom. The van der Waals surface area contributed by atoms with Crippen molar-refractivity contribution < 1.29 is 13.2 Å². The second-order valence-corrected chi connectivity index (χ2v) is 6.59. The molecule has 0 spiro atoms. The minimum Gasteiger partial charge on any atom is -0.352 e. The van der Waals surface area contributed by atoms with E-state index in [1.165, 1.54) is 0 Å². The highest BCUT2D eigenvalue weighted by Crippen LogP contribution is 2.20. The average molecular weight is 284 g/mol. The molecule has 1 atom stereocenters. The van der Waals surface area contributed by atoms with Crippen LogP contribution >= 0.6 is 0 Å². The first-order valence-corrected chi connectivity index (χ1v) is 7.93. The van der Waals surface area contributed by atoms with Gasteiger partial charge in [0.1, 0.15) is 6.04 Å². The Hall–Kier alpha value is -1.56. The molecule has 1 N–H and O–H groups in total. The van der Waals surface area contributed by atoms with Crippen molar-refractivity contribution in [1.82, 2.24) is 5.32 Å². The Morgan fingerprint density at radius 1 is 1.16 bits per heavy atom. The molecule has 0 aliphatic carbocycles. The van der Waals surface area contributed by atoms with Crippen LogP contribution in [0.2, 0.25) is 0 Å². The van der Waals surface area contributed by atoms with Gasteiger partial charge in [0.15, 0.2) is 0 Å². The standard InChI is InChI=1S/C13H20N2O3S/c1-10(2)14-13(16)11(3)15(19(4,17)18)12-8-6-5-7-9-12/h5-11H,1-4H3,(H,14,16)/t11-/m1/s1. The van der Waals surface area contributed by atoms with Crippen LogP contribution in [0.25, 0.3) is 0 Å². The highest BCUT2D eigenvalue weighted by molar-refractivity contribution is 7.92. The van der Waals surface area contributed by atoms with Gasteiger partial charge in [0.2, 0.25) is 15.9 Å². The molecule has 0 aromatic heterocycles. The molecular weight excluding hydrogens is 264 g/mol. The Labute approximate surface area is 114 Å². The summed E-state index contributed by atoms with van der Waals surface area (Å²) in [5, 5.41) is 2.72. The van der Waals surface area contributed by atoms with Gasteiger partial charge >= 0.3 is 0 Å². The third-order valence-electron chi connectivity index (χ3n) is 2.53. The summed E-state index contributed by atoms with van der Waals surface area (Å²) in [4.78, 5) is 12.0. The molecular formula is C13H20N2O3S. The third kappa shape index (κ3) is 4.24. The van der Waals surface area contributed by atoms with Crippen LogP contribution in [-0.4, -0.2) is 32.7 Å². The SMILES string of the molecule is CC(C)NC(=O)[C@@H](C)N(c1ccccc1)S(C)(=O)=O. The molecule has 0 aliphatic rings. The lowest BCUT2D eigenvalue weighted by Crippen LogP contribution is -2.49. The normalized spacial score (nSPS) is 13.1. The summed E-state index contributed by atoms with van der Waals surface area (Å²) < 4.78 is 24.9. The molecule has 19 heavy (non-hydrogen) atoms. The predicted octanol–water partition coefficient (Wildman–Crippen LogP) is 1.37. The van der Waals surface area contributed by atoms with Crippen molar-refractivity contribution in [3.63, 3.8) is 0 Å². The zero-order valence-corrected chi connectivity index (χ0v) is 12.4. The van der Waals surface area contributed by atoms with Gasteiger partial charge in [-0.2, -0.15) is 0 Å². The summed E-state index contributed by atoms with van der Waals surface area (Å²) in [5.74, 6) is -0.315. The molecule has 1 aromatic carbocycles. The molecule has 0 unspecified atom stereocenters. The van der Waals surface area contributed by atoms with E-state index in [0.29, 0.717) is 5.69 Å². The zero-order valence-electron chi connectivity index (χ0n) is 11.6. The second kappa shape index (κ2) is 6.06. The maximum atomic E-state index is 12.0. The van der Waals surface area contributed by atoms with Crippen molar-refractivity contribution in [2.24, 2.45) is 0 Å². The van der Waals surface area contributed by atoms with Crippen molar-refractivity contribution >= 4 is 21.6 Å². The lowest BCUT2D eigenvalue weighted by Gasteiger charge is -2.28. The maximum absolute atomic E-state index is 12.0. The second-order valence-electron chi connectivity index (χ2n) is 4.73. The van der Waals surface area contributed by atoms with Gasteiger partial charge in [-0.1, -0.05) is 18.2 Å². The lowest BCUT2D eigenvalue weighted by molar-refractivity contribution is -0.122. The number of carbonyl (C=O) groups excluding carboxylic acids is 1. The number of hydrogen-bond acceptors (Lipinski definition) is 3. The number of sulfonamides is 1. The van der Waals surface area contributed by atoms with Crippen molar-refractivity contribution in [2.45, 2.75) is 32.9 Å². The number of nitrogens with one attached hydrogen (secondary N) is 1. The molecule has 0 saturated heterocycles. The highest BCUT2D eigenvalue weighted by Gasteiger charge is 2.28. The Bertz CT molecular complexity index is 526. The molecule has 0 heterocycles. The first-order chi connectivity index (χ1) is 8.73. The van der Waals surface area contributed by atoms with Crippen molar-refractivity contribution in [2.75, 3.05) is 10.6 Å². The van der Waals surface area contributed by atoms with Crippen LogP contribution in [0.3, 0.4) is 0 Å². The van der Waals surface area contributed by atoms with Gasteiger partial charge in [0.25, 0.3) is 0 Å². The van der Waals surface area contributed by atoms with E-state index in [4.69, 9.17) is 0 Å². The van der Waals surface area contributed by atoms with Crippen molar-refractivity contribution in [1.29, 1.82) is 0 Å². The number of rotatable bonds is 5. The lowest BCUT2D eigenvalue weighted by atomic mass is 10.2. The van der Waals surface area contributed by atoms with Gasteiger partial charge in [0.05, 0.1) is 11.9 Å². The Balaban J connectivity index is 3.10. The molecule has 0 radical (unpaired) electrons. The van der Waals surface area contributed by atoms with Crippen molar-refractivity contribution in [3.8, 4) is 0 Å². The quantitative estimate of drug-likeness (QED) is 0.888. The topological polar surface area (TPSA) is 66.5 Å². The Kier molecular flexibility index (Phi) is 4.94. The largest absolute Gasteiger partial charge is 0.352 e.